The van der Waals surface area contributed by atoms with Crippen LogP contribution in [0.5, 0.6) is 0 Å². The summed E-state index contributed by atoms with van der Waals surface area (Å²) in [5.74, 6) is 0. The van der Waals surface area contributed by atoms with Gasteiger partial charge in [0.2, 0.25) is 0 Å². The summed E-state index contributed by atoms with van der Waals surface area (Å²) in [4.78, 5) is 0. The van der Waals surface area contributed by atoms with Crippen molar-refractivity contribution in [2.24, 2.45) is 0 Å². The van der Waals surface area contributed by atoms with Crippen molar-refractivity contribution in [3.05, 3.63) is 30.6 Å². The fourth-order valence-corrected chi connectivity index (χ4v) is 1.99. The fourth-order valence-electron chi connectivity index (χ4n) is 1.37. The van der Waals surface area contributed by atoms with E-state index in [1.165, 1.54) is 11.3 Å². The third kappa shape index (κ3) is 2.94. The third-order valence-corrected chi connectivity index (χ3v) is 2.79. The van der Waals surface area contributed by atoms with E-state index < -0.39 is 0 Å². The molecule has 7 heteroatoms. The largest absolute Gasteiger partial charge is 0.375 e. The molecule has 0 fully saturated rings. The first-order valence-corrected chi connectivity index (χ1v) is 6.10. The number of nitrogens with zero attached hydrogens (tertiary/aromatic N) is 4. The number of rotatable bonds is 1. The van der Waals surface area contributed by atoms with E-state index in [0.29, 0.717) is 5.13 Å². The molecular weight excluding hydrogens is 323 g/mol. The Morgan fingerprint density at radius 2 is 2.06 bits per heavy atom. The smallest absolute Gasteiger partial charge is 0.189 e. The van der Waals surface area contributed by atoms with Gasteiger partial charge in [0.25, 0.3) is 0 Å². The predicted molar refractivity (Wildman–Crippen MR) is 68.7 cm³/mol. The van der Waals surface area contributed by atoms with E-state index in [9.17, 15) is 0 Å². The Hall–Kier alpha value is -0.846. The van der Waals surface area contributed by atoms with Crippen LogP contribution < -0.4 is 5.73 Å². The molecule has 91 valence electrons. The topological polar surface area (TPSA) is 69.1 Å². The summed E-state index contributed by atoms with van der Waals surface area (Å²) < 4.78 is 1.74. The van der Waals surface area contributed by atoms with Crippen molar-refractivity contribution in [2.75, 3.05) is 5.73 Å². The summed E-state index contributed by atoms with van der Waals surface area (Å²) in [6, 6.07) is 5.81. The molecule has 0 saturated heterocycles. The molecule has 1 radical (unpaired) electrons. The zero-order chi connectivity index (χ0) is 12.3. The molecule has 3 aromatic rings. The van der Waals surface area contributed by atoms with Crippen LogP contribution in [-0.2, 0) is 32.7 Å². The molecule has 0 aliphatic heterocycles. The minimum atomic E-state index is 0. The predicted octanol–water partition coefficient (Wildman–Crippen LogP) is 2.26. The van der Waals surface area contributed by atoms with Crippen LogP contribution in [0.4, 0.5) is 5.13 Å². The zero-order valence-corrected chi connectivity index (χ0v) is 13.8. The summed E-state index contributed by atoms with van der Waals surface area (Å²) in [5.41, 5.74) is 7.32. The van der Waals surface area contributed by atoms with Crippen LogP contribution >= 0.6 is 11.3 Å². The number of hydrogen-bond donors (Lipinski definition) is 1. The molecule has 5 nitrogen and oxygen atoms in total. The van der Waals surface area contributed by atoms with Crippen LogP contribution in [-0.4, -0.2) is 19.8 Å². The van der Waals surface area contributed by atoms with E-state index in [1.54, 1.807) is 4.52 Å². The minimum Gasteiger partial charge on any atom is -0.375 e. The van der Waals surface area contributed by atoms with Crippen LogP contribution in [0.15, 0.2) is 24.4 Å². The van der Waals surface area contributed by atoms with Gasteiger partial charge in [-0.2, -0.15) is 0 Å². The first-order chi connectivity index (χ1) is 8.34. The number of pyridine rings is 1. The first kappa shape index (κ1) is 15.2. The number of fused-ring (bicyclic) bond motifs is 1. The van der Waals surface area contributed by atoms with Crippen LogP contribution in [0, 0.1) is 6.20 Å². The Morgan fingerprint density at radius 1 is 1.28 bits per heavy atom. The average molecular weight is 335 g/mol. The van der Waals surface area contributed by atoms with E-state index in [-0.39, 0.29) is 32.7 Å². The van der Waals surface area contributed by atoms with Gasteiger partial charge in [-0.25, -0.2) is 5.10 Å². The summed E-state index contributed by atoms with van der Waals surface area (Å²) in [6.07, 6.45) is 4.77. The molecule has 0 unspecified atom stereocenters. The van der Waals surface area contributed by atoms with Gasteiger partial charge in [0.15, 0.2) is 5.13 Å². The second kappa shape index (κ2) is 6.92. The molecule has 0 aromatic carbocycles. The van der Waals surface area contributed by atoms with Crippen molar-refractivity contribution >= 4 is 22.0 Å². The van der Waals surface area contributed by atoms with Crippen molar-refractivity contribution in [3.63, 3.8) is 0 Å². The summed E-state index contributed by atoms with van der Waals surface area (Å²) in [5, 5.41) is 13.0. The molecule has 0 bridgehead atoms. The SMILES string of the molecule is CC.Nc1nnc(-c2[c-]nn3ccccc23)s1.[Y]. The first-order valence-electron chi connectivity index (χ1n) is 5.29. The second-order valence-corrected chi connectivity index (χ2v) is 3.97. The zero-order valence-electron chi connectivity index (χ0n) is 10.2. The second-order valence-electron chi connectivity index (χ2n) is 2.96. The van der Waals surface area contributed by atoms with E-state index in [1.807, 2.05) is 38.2 Å². The van der Waals surface area contributed by atoms with Gasteiger partial charge in [-0.1, -0.05) is 26.0 Å². The number of anilines is 1. The van der Waals surface area contributed by atoms with Gasteiger partial charge in [-0.3, -0.25) is 5.10 Å². The maximum absolute atomic E-state index is 5.53. The molecule has 0 aliphatic rings. The molecule has 0 amide bonds. The Morgan fingerprint density at radius 3 is 2.72 bits per heavy atom. The molecule has 3 heterocycles. The van der Waals surface area contributed by atoms with Gasteiger partial charge in [-0.15, -0.1) is 22.0 Å². The molecule has 0 saturated carbocycles. The van der Waals surface area contributed by atoms with Crippen LogP contribution in [0.2, 0.25) is 0 Å². The van der Waals surface area contributed by atoms with Gasteiger partial charge < -0.3 is 10.2 Å². The molecular formula is C11H12N5SY-. The van der Waals surface area contributed by atoms with Crippen LogP contribution in [0.25, 0.3) is 16.1 Å². The minimum absolute atomic E-state index is 0. The van der Waals surface area contributed by atoms with E-state index >= 15 is 0 Å². The Balaban J connectivity index is 0.000000516. The van der Waals surface area contributed by atoms with Crippen LogP contribution in [0.1, 0.15) is 13.8 Å². The van der Waals surface area contributed by atoms with Crippen molar-refractivity contribution < 1.29 is 32.7 Å². The standard InChI is InChI=1S/C9H6N5S.C2H6.Y/c10-9-13-12-8(15-9)6-5-11-14-4-2-1-3-7(6)14;1-2;/h1-4H,(H2,10,13);1-2H3;/q-1;;. The van der Waals surface area contributed by atoms with Crippen molar-refractivity contribution in [3.8, 4) is 10.6 Å². The molecule has 2 N–H and O–H groups in total. The summed E-state index contributed by atoms with van der Waals surface area (Å²) >= 11 is 1.33. The van der Waals surface area contributed by atoms with E-state index in [2.05, 4.69) is 21.5 Å². The fraction of sp³-hybridized carbons (Fsp3) is 0.182. The maximum atomic E-state index is 5.53. The number of hydrogen-bond acceptors (Lipinski definition) is 5. The molecule has 3 rings (SSSR count). The molecule has 18 heavy (non-hydrogen) atoms. The van der Waals surface area contributed by atoms with E-state index in [4.69, 9.17) is 5.73 Å². The monoisotopic (exact) mass is 335 g/mol. The Kier molecular flexibility index (Phi) is 5.85. The number of aromatic nitrogens is 4. The maximum Gasteiger partial charge on any atom is 0.189 e. The molecule has 0 atom stereocenters. The van der Waals surface area contributed by atoms with Gasteiger partial charge in [0.1, 0.15) is 0 Å². The molecule has 0 spiro atoms. The Labute approximate surface area is 134 Å². The van der Waals surface area contributed by atoms with Gasteiger partial charge in [-0.05, 0) is 17.8 Å². The Bertz CT molecular complexity index is 618. The summed E-state index contributed by atoms with van der Waals surface area (Å²) in [7, 11) is 0. The van der Waals surface area contributed by atoms with Gasteiger partial charge >= 0.3 is 0 Å². The third-order valence-electron chi connectivity index (χ3n) is 2.02. The molecule has 3 aromatic heterocycles. The average Bonchev–Trinajstić information content (AvgIpc) is 2.97. The number of nitrogen functional groups attached to an aromatic ring is 1. The number of nitrogens with two attached hydrogens (primary N) is 1. The normalized spacial score (nSPS) is 9.44. The van der Waals surface area contributed by atoms with Crippen molar-refractivity contribution in [1.29, 1.82) is 0 Å². The van der Waals surface area contributed by atoms with E-state index in [0.717, 1.165) is 16.1 Å². The summed E-state index contributed by atoms with van der Waals surface area (Å²) in [6.45, 7) is 4.00. The quantitative estimate of drug-likeness (QED) is 0.693. The molecule has 0 aliphatic carbocycles. The van der Waals surface area contributed by atoms with Crippen LogP contribution in [0.3, 0.4) is 0 Å². The van der Waals surface area contributed by atoms with Crippen molar-refractivity contribution in [2.45, 2.75) is 13.8 Å². The van der Waals surface area contributed by atoms with Gasteiger partial charge in [0.05, 0.1) is 0 Å². The van der Waals surface area contributed by atoms with Crippen molar-refractivity contribution in [1.82, 2.24) is 19.8 Å². The van der Waals surface area contributed by atoms with Gasteiger partial charge in [0, 0.05) is 43.9 Å².